The topological polar surface area (TPSA) is 30.7 Å². The zero-order valence-electron chi connectivity index (χ0n) is 6.32. The lowest BCUT2D eigenvalue weighted by atomic mass is 10.3. The Morgan fingerprint density at radius 2 is 2.25 bits per heavy atom. The first-order chi connectivity index (χ1) is 5.70. The predicted octanol–water partition coefficient (Wildman–Crippen LogP) is 2.04. The van der Waals surface area contributed by atoms with E-state index in [-0.39, 0.29) is 0 Å². The SMILES string of the molecule is Cc1ncnc2c1c(I)cn2S. The molecule has 0 aliphatic heterocycles. The number of thiol groups is 1. The lowest BCUT2D eigenvalue weighted by Gasteiger charge is -1.94. The van der Waals surface area contributed by atoms with Gasteiger partial charge in [-0.15, -0.1) is 0 Å². The Morgan fingerprint density at radius 3 is 2.92 bits per heavy atom. The van der Waals surface area contributed by atoms with Gasteiger partial charge < -0.3 is 0 Å². The van der Waals surface area contributed by atoms with Gasteiger partial charge in [-0.1, -0.05) is 12.8 Å². The molecule has 0 unspecified atom stereocenters. The fourth-order valence-electron chi connectivity index (χ4n) is 1.15. The van der Waals surface area contributed by atoms with Crippen molar-refractivity contribution in [2.24, 2.45) is 0 Å². The quantitative estimate of drug-likeness (QED) is 0.595. The molecule has 5 heteroatoms. The lowest BCUT2D eigenvalue weighted by molar-refractivity contribution is 1.13. The Labute approximate surface area is 88.9 Å². The molecule has 0 atom stereocenters. The van der Waals surface area contributed by atoms with Crippen LogP contribution in [0.2, 0.25) is 0 Å². The summed E-state index contributed by atoms with van der Waals surface area (Å²) in [5.74, 6) is 0. The number of aryl methyl sites for hydroxylation is 1. The molecule has 0 amide bonds. The minimum absolute atomic E-state index is 0.871. The van der Waals surface area contributed by atoms with Crippen LogP contribution in [-0.2, 0) is 0 Å². The summed E-state index contributed by atoms with van der Waals surface area (Å²) in [6, 6.07) is 0. The highest BCUT2D eigenvalue weighted by atomic mass is 127. The maximum Gasteiger partial charge on any atom is 0.154 e. The second-order valence-corrected chi connectivity index (χ2v) is 4.07. The number of nitrogens with zero attached hydrogens (tertiary/aromatic N) is 3. The van der Waals surface area contributed by atoms with Crippen molar-refractivity contribution < 1.29 is 0 Å². The van der Waals surface area contributed by atoms with Gasteiger partial charge in [-0.3, -0.25) is 3.97 Å². The fraction of sp³-hybridized carbons (Fsp3) is 0.143. The van der Waals surface area contributed by atoms with Gasteiger partial charge in [0.2, 0.25) is 0 Å². The molecule has 0 bridgehead atoms. The van der Waals surface area contributed by atoms with E-state index in [2.05, 4.69) is 45.4 Å². The van der Waals surface area contributed by atoms with Crippen LogP contribution in [0.4, 0.5) is 0 Å². The number of hydrogen-bond acceptors (Lipinski definition) is 3. The third-order valence-corrected chi connectivity index (χ3v) is 2.83. The number of fused-ring (bicyclic) bond motifs is 1. The summed E-state index contributed by atoms with van der Waals surface area (Å²) in [6.07, 6.45) is 3.48. The highest BCUT2D eigenvalue weighted by molar-refractivity contribution is 14.1. The van der Waals surface area contributed by atoms with Gasteiger partial charge >= 0.3 is 0 Å². The van der Waals surface area contributed by atoms with Gasteiger partial charge in [0.05, 0.1) is 11.1 Å². The van der Waals surface area contributed by atoms with Crippen molar-refractivity contribution >= 4 is 46.4 Å². The molecule has 0 fully saturated rings. The van der Waals surface area contributed by atoms with Crippen molar-refractivity contribution in [3.8, 4) is 0 Å². The second kappa shape index (κ2) is 2.88. The molecule has 0 N–H and O–H groups in total. The standard InChI is InChI=1S/C7H6IN3S/c1-4-6-5(8)2-11(12)7(6)10-3-9-4/h2-3,12H,1H3. The third-order valence-electron chi connectivity index (χ3n) is 1.71. The Balaban J connectivity index is 2.99. The van der Waals surface area contributed by atoms with Crippen LogP contribution in [0, 0.1) is 10.5 Å². The summed E-state index contributed by atoms with van der Waals surface area (Å²) >= 11 is 6.49. The summed E-state index contributed by atoms with van der Waals surface area (Å²) in [6.45, 7) is 1.97. The highest BCUT2D eigenvalue weighted by Gasteiger charge is 2.07. The summed E-state index contributed by atoms with van der Waals surface area (Å²) in [4.78, 5) is 8.25. The van der Waals surface area contributed by atoms with Gasteiger partial charge in [-0.05, 0) is 29.5 Å². The summed E-state index contributed by atoms with van der Waals surface area (Å²) < 4.78 is 2.85. The van der Waals surface area contributed by atoms with Gasteiger partial charge in [0.25, 0.3) is 0 Å². The van der Waals surface area contributed by atoms with Crippen molar-refractivity contribution in [1.82, 2.24) is 13.9 Å². The molecule has 12 heavy (non-hydrogen) atoms. The largest absolute Gasteiger partial charge is 0.277 e. The Bertz CT molecular complexity index is 437. The molecule has 0 saturated carbocycles. The van der Waals surface area contributed by atoms with Crippen molar-refractivity contribution in [2.75, 3.05) is 0 Å². The molecule has 0 saturated heterocycles. The molecule has 2 heterocycles. The van der Waals surface area contributed by atoms with E-state index in [1.165, 1.54) is 0 Å². The number of halogens is 1. The van der Waals surface area contributed by atoms with E-state index in [0.29, 0.717) is 0 Å². The fourth-order valence-corrected chi connectivity index (χ4v) is 2.54. The van der Waals surface area contributed by atoms with Gasteiger partial charge in [-0.25, -0.2) is 9.97 Å². The zero-order valence-corrected chi connectivity index (χ0v) is 9.37. The van der Waals surface area contributed by atoms with E-state index in [1.54, 1.807) is 10.3 Å². The van der Waals surface area contributed by atoms with Crippen LogP contribution in [0.25, 0.3) is 11.0 Å². The maximum absolute atomic E-state index is 4.24. The Hall–Kier alpha value is -0.300. The zero-order chi connectivity index (χ0) is 8.72. The summed E-state index contributed by atoms with van der Waals surface area (Å²) in [5, 5.41) is 1.09. The van der Waals surface area contributed by atoms with Gasteiger partial charge in [-0.2, -0.15) is 0 Å². The first-order valence-corrected chi connectivity index (χ1v) is 4.85. The Kier molecular flexibility index (Phi) is 1.99. The van der Waals surface area contributed by atoms with E-state index in [1.807, 2.05) is 13.1 Å². The summed E-state index contributed by atoms with van der Waals surface area (Å²) in [5.41, 5.74) is 1.87. The molecule has 0 aromatic carbocycles. The van der Waals surface area contributed by atoms with E-state index in [0.717, 1.165) is 20.3 Å². The van der Waals surface area contributed by atoms with E-state index in [9.17, 15) is 0 Å². The lowest BCUT2D eigenvalue weighted by Crippen LogP contribution is -1.87. The minimum atomic E-state index is 0.871. The van der Waals surface area contributed by atoms with Crippen molar-refractivity contribution in [3.05, 3.63) is 21.8 Å². The van der Waals surface area contributed by atoms with Crippen molar-refractivity contribution in [1.29, 1.82) is 0 Å². The molecule has 2 rings (SSSR count). The molecule has 3 nitrogen and oxygen atoms in total. The summed E-state index contributed by atoms with van der Waals surface area (Å²) in [7, 11) is 0. The van der Waals surface area contributed by atoms with Crippen molar-refractivity contribution in [2.45, 2.75) is 6.92 Å². The van der Waals surface area contributed by atoms with Crippen LogP contribution in [0.15, 0.2) is 12.5 Å². The molecule has 0 radical (unpaired) electrons. The molecule has 2 aromatic rings. The van der Waals surface area contributed by atoms with Gasteiger partial charge in [0.15, 0.2) is 5.65 Å². The second-order valence-electron chi connectivity index (χ2n) is 2.48. The van der Waals surface area contributed by atoms with Crippen LogP contribution in [0.5, 0.6) is 0 Å². The van der Waals surface area contributed by atoms with Gasteiger partial charge in [0, 0.05) is 9.77 Å². The molecule has 0 aliphatic rings. The molecular formula is C7H6IN3S. The Morgan fingerprint density at radius 1 is 1.50 bits per heavy atom. The van der Waals surface area contributed by atoms with E-state index < -0.39 is 0 Å². The first-order valence-electron chi connectivity index (χ1n) is 3.37. The van der Waals surface area contributed by atoms with Crippen LogP contribution in [0.1, 0.15) is 5.69 Å². The number of rotatable bonds is 0. The first kappa shape index (κ1) is 8.31. The van der Waals surface area contributed by atoms with Crippen LogP contribution < -0.4 is 0 Å². The molecule has 0 spiro atoms. The molecule has 62 valence electrons. The average Bonchev–Trinajstić information content (AvgIpc) is 2.29. The minimum Gasteiger partial charge on any atom is -0.277 e. The van der Waals surface area contributed by atoms with E-state index >= 15 is 0 Å². The average molecular weight is 291 g/mol. The van der Waals surface area contributed by atoms with Crippen LogP contribution in [-0.4, -0.2) is 13.9 Å². The van der Waals surface area contributed by atoms with Crippen LogP contribution in [0.3, 0.4) is 0 Å². The number of hydrogen-bond donors (Lipinski definition) is 1. The molecular weight excluding hydrogens is 285 g/mol. The van der Waals surface area contributed by atoms with Crippen molar-refractivity contribution in [3.63, 3.8) is 0 Å². The predicted molar refractivity (Wildman–Crippen MR) is 59.4 cm³/mol. The number of aromatic nitrogens is 3. The highest BCUT2D eigenvalue weighted by Crippen LogP contribution is 2.23. The maximum atomic E-state index is 4.24. The third kappa shape index (κ3) is 1.11. The normalized spacial score (nSPS) is 10.9. The van der Waals surface area contributed by atoms with Gasteiger partial charge in [0.1, 0.15) is 6.33 Å². The van der Waals surface area contributed by atoms with Crippen LogP contribution >= 0.6 is 35.4 Å². The smallest absolute Gasteiger partial charge is 0.154 e. The monoisotopic (exact) mass is 291 g/mol. The molecule has 0 aliphatic carbocycles. The van der Waals surface area contributed by atoms with E-state index in [4.69, 9.17) is 0 Å². The molecule has 2 aromatic heterocycles.